The number of anilines is 1. The molecular weight excluding hydrogens is 266 g/mol. The van der Waals surface area contributed by atoms with Crippen LogP contribution < -0.4 is 4.90 Å². The molecule has 0 spiro atoms. The predicted molar refractivity (Wildman–Crippen MR) is 81.3 cm³/mol. The number of benzene rings is 1. The Balaban J connectivity index is 1.71. The fraction of sp³-hybridized carbons (Fsp3) is 0.500. The molecule has 0 unspecified atom stereocenters. The number of hydrogen-bond donors (Lipinski definition) is 0. The summed E-state index contributed by atoms with van der Waals surface area (Å²) in [7, 11) is 0. The molecule has 21 heavy (non-hydrogen) atoms. The topological polar surface area (TPSA) is 43.9 Å². The van der Waals surface area contributed by atoms with Gasteiger partial charge in [0.2, 0.25) is 5.91 Å². The van der Waals surface area contributed by atoms with Gasteiger partial charge in [0, 0.05) is 45.3 Å². The molecule has 1 saturated heterocycles. The molecule has 5 nitrogen and oxygen atoms in total. The highest BCUT2D eigenvalue weighted by atomic mass is 16.2. The van der Waals surface area contributed by atoms with Crippen LogP contribution in [0.5, 0.6) is 0 Å². The summed E-state index contributed by atoms with van der Waals surface area (Å²) in [5.41, 5.74) is 2.29. The van der Waals surface area contributed by atoms with Crippen LogP contribution in [0.4, 0.5) is 10.5 Å². The van der Waals surface area contributed by atoms with Crippen molar-refractivity contribution in [3.05, 3.63) is 29.8 Å². The normalized spacial score (nSPS) is 18.4. The maximum Gasteiger partial charge on any atom is 0.324 e. The van der Waals surface area contributed by atoms with E-state index in [-0.39, 0.29) is 11.9 Å². The molecule has 0 aliphatic carbocycles. The minimum absolute atomic E-state index is 0.0744. The summed E-state index contributed by atoms with van der Waals surface area (Å²) in [6.07, 6.45) is 2.05. The van der Waals surface area contributed by atoms with Crippen LogP contribution in [0.25, 0.3) is 0 Å². The van der Waals surface area contributed by atoms with Crippen LogP contribution in [-0.2, 0) is 11.2 Å². The molecule has 2 aliphatic rings. The zero-order valence-corrected chi connectivity index (χ0v) is 12.4. The van der Waals surface area contributed by atoms with Gasteiger partial charge in [-0.15, -0.1) is 0 Å². The number of carbonyl (C=O) groups excluding carboxylic acids is 2. The van der Waals surface area contributed by atoms with Crippen molar-refractivity contribution in [3.63, 3.8) is 0 Å². The first-order valence-electron chi connectivity index (χ1n) is 7.56. The van der Waals surface area contributed by atoms with Crippen molar-refractivity contribution >= 4 is 17.6 Å². The number of aryl methyl sites for hydroxylation is 1. The van der Waals surface area contributed by atoms with Crippen molar-refractivity contribution in [3.8, 4) is 0 Å². The van der Waals surface area contributed by atoms with E-state index in [0.717, 1.165) is 25.1 Å². The summed E-state index contributed by atoms with van der Waals surface area (Å²) in [6.45, 7) is 4.88. The van der Waals surface area contributed by atoms with Crippen LogP contribution >= 0.6 is 0 Å². The first kappa shape index (κ1) is 13.9. The molecule has 1 aromatic rings. The number of amides is 3. The molecule has 1 fully saturated rings. The third-order valence-electron chi connectivity index (χ3n) is 4.34. The quantitative estimate of drug-likeness (QED) is 0.729. The van der Waals surface area contributed by atoms with E-state index < -0.39 is 0 Å². The standard InChI is InChI=1S/C16H21N3O2/c1-13(20)17-9-11-18(12-10-17)16(21)19-8-4-6-14-5-2-3-7-15(14)19/h2-3,5,7H,4,6,8-12H2,1H3. The Bertz CT molecular complexity index is 550. The summed E-state index contributed by atoms with van der Waals surface area (Å²) in [6, 6.07) is 8.21. The van der Waals surface area contributed by atoms with Gasteiger partial charge in [0.1, 0.15) is 0 Å². The molecule has 0 aromatic heterocycles. The molecule has 0 radical (unpaired) electrons. The average Bonchev–Trinajstić information content (AvgIpc) is 2.53. The zero-order valence-electron chi connectivity index (χ0n) is 12.4. The summed E-state index contributed by atoms with van der Waals surface area (Å²) in [5.74, 6) is 0.0883. The Hall–Kier alpha value is -2.04. The van der Waals surface area contributed by atoms with E-state index in [1.54, 1.807) is 11.8 Å². The molecule has 112 valence electrons. The lowest BCUT2D eigenvalue weighted by Crippen LogP contribution is -2.54. The van der Waals surface area contributed by atoms with Gasteiger partial charge in [0.15, 0.2) is 0 Å². The van der Waals surface area contributed by atoms with Crippen LogP contribution in [0.15, 0.2) is 24.3 Å². The van der Waals surface area contributed by atoms with Crippen molar-refractivity contribution in [2.24, 2.45) is 0 Å². The molecule has 2 aliphatic heterocycles. The summed E-state index contributed by atoms with van der Waals surface area (Å²) in [4.78, 5) is 29.6. The molecule has 0 atom stereocenters. The molecule has 0 bridgehead atoms. The van der Waals surface area contributed by atoms with Gasteiger partial charge in [-0.3, -0.25) is 9.69 Å². The molecule has 3 rings (SSSR count). The Morgan fingerprint density at radius 2 is 1.62 bits per heavy atom. The number of piperazine rings is 1. The number of rotatable bonds is 0. The van der Waals surface area contributed by atoms with Gasteiger partial charge < -0.3 is 9.80 Å². The number of hydrogen-bond acceptors (Lipinski definition) is 2. The van der Waals surface area contributed by atoms with Gasteiger partial charge >= 0.3 is 6.03 Å². The largest absolute Gasteiger partial charge is 0.339 e. The fourth-order valence-electron chi connectivity index (χ4n) is 3.12. The minimum Gasteiger partial charge on any atom is -0.339 e. The van der Waals surface area contributed by atoms with Gasteiger partial charge in [0.25, 0.3) is 0 Å². The van der Waals surface area contributed by atoms with Crippen molar-refractivity contribution in [2.45, 2.75) is 19.8 Å². The van der Waals surface area contributed by atoms with Crippen LogP contribution in [0, 0.1) is 0 Å². The average molecular weight is 287 g/mol. The maximum absolute atomic E-state index is 12.7. The number of para-hydroxylation sites is 1. The molecule has 2 heterocycles. The van der Waals surface area contributed by atoms with E-state index in [9.17, 15) is 9.59 Å². The highest BCUT2D eigenvalue weighted by molar-refractivity contribution is 5.93. The van der Waals surface area contributed by atoms with Gasteiger partial charge in [-0.2, -0.15) is 0 Å². The maximum atomic E-state index is 12.7. The second-order valence-corrected chi connectivity index (χ2v) is 5.66. The van der Waals surface area contributed by atoms with Crippen molar-refractivity contribution in [1.29, 1.82) is 0 Å². The Morgan fingerprint density at radius 1 is 0.952 bits per heavy atom. The third kappa shape index (κ3) is 2.73. The van der Waals surface area contributed by atoms with E-state index in [0.29, 0.717) is 26.2 Å². The minimum atomic E-state index is 0.0744. The Kier molecular flexibility index (Phi) is 3.82. The first-order chi connectivity index (χ1) is 10.2. The summed E-state index contributed by atoms with van der Waals surface area (Å²) >= 11 is 0. The summed E-state index contributed by atoms with van der Waals surface area (Å²) < 4.78 is 0. The highest BCUT2D eigenvalue weighted by Gasteiger charge is 2.29. The number of urea groups is 1. The van der Waals surface area contributed by atoms with Gasteiger partial charge in [-0.05, 0) is 24.5 Å². The van der Waals surface area contributed by atoms with E-state index in [2.05, 4.69) is 6.07 Å². The van der Waals surface area contributed by atoms with E-state index in [1.165, 1.54) is 5.56 Å². The van der Waals surface area contributed by atoms with Crippen LogP contribution in [-0.4, -0.2) is 54.5 Å². The molecule has 3 amide bonds. The predicted octanol–water partition coefficient (Wildman–Crippen LogP) is 1.72. The SMILES string of the molecule is CC(=O)N1CCN(C(=O)N2CCCc3ccccc32)CC1. The van der Waals surface area contributed by atoms with Crippen LogP contribution in [0.1, 0.15) is 18.9 Å². The van der Waals surface area contributed by atoms with Gasteiger partial charge in [-0.1, -0.05) is 18.2 Å². The van der Waals surface area contributed by atoms with Crippen molar-refractivity contribution in [2.75, 3.05) is 37.6 Å². The number of fused-ring (bicyclic) bond motifs is 1. The molecule has 0 saturated carbocycles. The van der Waals surface area contributed by atoms with Crippen LogP contribution in [0.2, 0.25) is 0 Å². The lowest BCUT2D eigenvalue weighted by Gasteiger charge is -2.38. The smallest absolute Gasteiger partial charge is 0.324 e. The van der Waals surface area contributed by atoms with E-state index in [1.807, 2.05) is 28.0 Å². The highest BCUT2D eigenvalue weighted by Crippen LogP contribution is 2.27. The van der Waals surface area contributed by atoms with E-state index in [4.69, 9.17) is 0 Å². The van der Waals surface area contributed by atoms with Gasteiger partial charge in [-0.25, -0.2) is 4.79 Å². The van der Waals surface area contributed by atoms with E-state index >= 15 is 0 Å². The second-order valence-electron chi connectivity index (χ2n) is 5.66. The Labute approximate surface area is 125 Å². The summed E-state index contributed by atoms with van der Waals surface area (Å²) in [5, 5.41) is 0. The lowest BCUT2D eigenvalue weighted by molar-refractivity contribution is -0.130. The second kappa shape index (κ2) is 5.76. The third-order valence-corrected chi connectivity index (χ3v) is 4.34. The Morgan fingerprint density at radius 3 is 2.33 bits per heavy atom. The fourth-order valence-corrected chi connectivity index (χ4v) is 3.12. The lowest BCUT2D eigenvalue weighted by atomic mass is 10.0. The number of carbonyl (C=O) groups is 2. The van der Waals surface area contributed by atoms with Crippen molar-refractivity contribution < 1.29 is 9.59 Å². The number of nitrogens with zero attached hydrogens (tertiary/aromatic N) is 3. The van der Waals surface area contributed by atoms with Crippen molar-refractivity contribution in [1.82, 2.24) is 9.80 Å². The first-order valence-corrected chi connectivity index (χ1v) is 7.56. The monoisotopic (exact) mass is 287 g/mol. The molecule has 0 N–H and O–H groups in total. The molecule has 5 heteroatoms. The zero-order chi connectivity index (χ0) is 14.8. The molecule has 1 aromatic carbocycles. The van der Waals surface area contributed by atoms with Crippen LogP contribution in [0.3, 0.4) is 0 Å². The van der Waals surface area contributed by atoms with Gasteiger partial charge in [0.05, 0.1) is 0 Å². The molecular formula is C16H21N3O2.